The maximum atomic E-state index is 12.0. The Balaban J connectivity index is 2.81. The molecular weight excluding hydrogens is 234 g/mol. The fourth-order valence-corrected chi connectivity index (χ4v) is 1.49. The molecule has 1 heterocycles. The molecule has 18 heavy (non-hydrogen) atoms. The van der Waals surface area contributed by atoms with Gasteiger partial charge in [0.25, 0.3) is 5.56 Å². The van der Waals surface area contributed by atoms with E-state index >= 15 is 0 Å². The Morgan fingerprint density at radius 3 is 2.89 bits per heavy atom. The first-order valence-corrected chi connectivity index (χ1v) is 6.08. The molecule has 0 fully saturated rings. The van der Waals surface area contributed by atoms with E-state index in [9.17, 15) is 9.59 Å². The van der Waals surface area contributed by atoms with Crippen molar-refractivity contribution in [3.05, 3.63) is 22.7 Å². The number of carbonyl (C=O) groups is 1. The molecule has 1 aromatic rings. The van der Waals surface area contributed by atoms with E-state index < -0.39 is 12.0 Å². The van der Waals surface area contributed by atoms with Crippen LogP contribution in [0.3, 0.4) is 0 Å². The van der Waals surface area contributed by atoms with Gasteiger partial charge in [-0.15, -0.1) is 0 Å². The molecule has 6 heteroatoms. The first-order chi connectivity index (χ1) is 8.60. The van der Waals surface area contributed by atoms with Crippen LogP contribution in [-0.4, -0.2) is 28.2 Å². The second-order valence-corrected chi connectivity index (χ2v) is 3.89. The zero-order chi connectivity index (χ0) is 13.5. The number of esters is 1. The van der Waals surface area contributed by atoms with Crippen molar-refractivity contribution in [3.8, 4) is 0 Å². The second-order valence-electron chi connectivity index (χ2n) is 3.89. The van der Waals surface area contributed by atoms with E-state index in [2.05, 4.69) is 10.3 Å². The lowest BCUT2D eigenvalue weighted by molar-refractivity contribution is -0.143. The summed E-state index contributed by atoms with van der Waals surface area (Å²) in [5.41, 5.74) is -0.226. The lowest BCUT2D eigenvalue weighted by Crippen LogP contribution is -2.33. The number of nitrogens with one attached hydrogen (secondary N) is 1. The number of aryl methyl sites for hydroxylation is 1. The second kappa shape index (κ2) is 6.78. The van der Waals surface area contributed by atoms with E-state index in [1.807, 2.05) is 6.92 Å². The lowest BCUT2D eigenvalue weighted by atomic mass is 10.3. The van der Waals surface area contributed by atoms with E-state index in [1.54, 1.807) is 24.6 Å². The maximum Gasteiger partial charge on any atom is 0.328 e. The SMILES string of the molecule is CCCn1ccnc(NC(C)C(=O)OCC)c1=O. The molecule has 1 unspecified atom stereocenters. The molecule has 0 saturated heterocycles. The molecule has 0 aliphatic heterocycles. The standard InChI is InChI=1S/C12H19N3O3/c1-4-7-15-8-6-13-10(11(15)16)14-9(3)12(17)18-5-2/h6,8-9H,4-5,7H2,1-3H3,(H,13,14). The number of hydrogen-bond acceptors (Lipinski definition) is 5. The van der Waals surface area contributed by atoms with Gasteiger partial charge < -0.3 is 14.6 Å². The highest BCUT2D eigenvalue weighted by atomic mass is 16.5. The van der Waals surface area contributed by atoms with Crippen molar-refractivity contribution in [2.75, 3.05) is 11.9 Å². The molecular formula is C12H19N3O3. The van der Waals surface area contributed by atoms with Gasteiger partial charge in [-0.05, 0) is 20.3 Å². The summed E-state index contributed by atoms with van der Waals surface area (Å²) >= 11 is 0. The molecule has 6 nitrogen and oxygen atoms in total. The van der Waals surface area contributed by atoms with Crippen LogP contribution in [0.4, 0.5) is 5.82 Å². The van der Waals surface area contributed by atoms with E-state index in [0.29, 0.717) is 13.2 Å². The molecule has 0 saturated carbocycles. The van der Waals surface area contributed by atoms with Gasteiger partial charge in [0, 0.05) is 18.9 Å². The number of ether oxygens (including phenoxy) is 1. The molecule has 1 N–H and O–H groups in total. The monoisotopic (exact) mass is 253 g/mol. The summed E-state index contributed by atoms with van der Waals surface area (Å²) in [5, 5.41) is 2.77. The summed E-state index contributed by atoms with van der Waals surface area (Å²) in [6, 6.07) is -0.595. The van der Waals surface area contributed by atoms with Gasteiger partial charge in [-0.1, -0.05) is 6.92 Å². The lowest BCUT2D eigenvalue weighted by Gasteiger charge is -2.13. The average molecular weight is 253 g/mol. The van der Waals surface area contributed by atoms with E-state index in [1.165, 1.54) is 6.20 Å². The topological polar surface area (TPSA) is 73.2 Å². The van der Waals surface area contributed by atoms with Crippen molar-refractivity contribution >= 4 is 11.8 Å². The minimum absolute atomic E-state index is 0.173. The third kappa shape index (κ3) is 3.58. The van der Waals surface area contributed by atoms with Gasteiger partial charge in [-0.2, -0.15) is 0 Å². The van der Waals surface area contributed by atoms with Crippen molar-refractivity contribution in [2.24, 2.45) is 0 Å². The molecule has 1 aromatic heterocycles. The first kappa shape index (κ1) is 14.2. The largest absolute Gasteiger partial charge is 0.464 e. The predicted octanol–water partition coefficient (Wildman–Crippen LogP) is 1.02. The summed E-state index contributed by atoms with van der Waals surface area (Å²) in [7, 11) is 0. The van der Waals surface area contributed by atoms with Crippen LogP contribution in [0, 0.1) is 0 Å². The van der Waals surface area contributed by atoms with Crippen LogP contribution in [0.5, 0.6) is 0 Å². The molecule has 100 valence electrons. The van der Waals surface area contributed by atoms with Crippen molar-refractivity contribution in [3.63, 3.8) is 0 Å². The van der Waals surface area contributed by atoms with E-state index in [0.717, 1.165) is 6.42 Å². The molecule has 0 aromatic carbocycles. The maximum absolute atomic E-state index is 12.0. The van der Waals surface area contributed by atoms with Crippen LogP contribution in [-0.2, 0) is 16.1 Å². The van der Waals surface area contributed by atoms with Gasteiger partial charge in [0.05, 0.1) is 6.61 Å². The van der Waals surface area contributed by atoms with Crippen molar-refractivity contribution in [2.45, 2.75) is 39.8 Å². The highest BCUT2D eigenvalue weighted by Gasteiger charge is 2.16. The molecule has 0 spiro atoms. The van der Waals surface area contributed by atoms with Crippen LogP contribution in [0.2, 0.25) is 0 Å². The first-order valence-electron chi connectivity index (χ1n) is 6.08. The minimum Gasteiger partial charge on any atom is -0.464 e. The molecule has 0 amide bonds. The fourth-order valence-electron chi connectivity index (χ4n) is 1.49. The van der Waals surface area contributed by atoms with Crippen LogP contribution in [0.25, 0.3) is 0 Å². The van der Waals surface area contributed by atoms with Crippen molar-refractivity contribution in [1.29, 1.82) is 0 Å². The van der Waals surface area contributed by atoms with Crippen molar-refractivity contribution in [1.82, 2.24) is 9.55 Å². The Bertz CT molecular complexity index is 456. The molecule has 1 rings (SSSR count). The Hall–Kier alpha value is -1.85. The van der Waals surface area contributed by atoms with E-state index in [4.69, 9.17) is 4.74 Å². The number of anilines is 1. The number of nitrogens with zero attached hydrogens (tertiary/aromatic N) is 2. The summed E-state index contributed by atoms with van der Waals surface area (Å²) in [6.07, 6.45) is 4.03. The summed E-state index contributed by atoms with van der Waals surface area (Å²) < 4.78 is 6.42. The smallest absolute Gasteiger partial charge is 0.328 e. The third-order valence-corrected chi connectivity index (χ3v) is 2.37. The van der Waals surface area contributed by atoms with Crippen LogP contribution < -0.4 is 10.9 Å². The molecule has 0 aliphatic rings. The predicted molar refractivity (Wildman–Crippen MR) is 68.5 cm³/mol. The normalized spacial score (nSPS) is 11.9. The van der Waals surface area contributed by atoms with Crippen molar-refractivity contribution < 1.29 is 9.53 Å². The number of carbonyl (C=O) groups excluding carboxylic acids is 1. The highest BCUT2D eigenvalue weighted by molar-refractivity contribution is 5.78. The minimum atomic E-state index is -0.595. The van der Waals surface area contributed by atoms with Gasteiger partial charge >= 0.3 is 5.97 Å². The van der Waals surface area contributed by atoms with Crippen LogP contribution in [0.1, 0.15) is 27.2 Å². The average Bonchev–Trinajstić information content (AvgIpc) is 2.34. The van der Waals surface area contributed by atoms with Gasteiger partial charge in [0.1, 0.15) is 6.04 Å². The summed E-state index contributed by atoms with van der Waals surface area (Å²) in [5.74, 6) is -0.226. The summed E-state index contributed by atoms with van der Waals surface area (Å²) in [4.78, 5) is 27.4. The number of hydrogen-bond donors (Lipinski definition) is 1. The van der Waals surface area contributed by atoms with Gasteiger partial charge in [-0.25, -0.2) is 9.78 Å². The molecule has 0 aliphatic carbocycles. The Kier molecular flexibility index (Phi) is 5.35. The fraction of sp³-hybridized carbons (Fsp3) is 0.583. The van der Waals surface area contributed by atoms with Gasteiger partial charge in [-0.3, -0.25) is 4.79 Å². The third-order valence-electron chi connectivity index (χ3n) is 2.37. The molecule has 1 atom stereocenters. The summed E-state index contributed by atoms with van der Waals surface area (Å²) in [6.45, 7) is 6.30. The Morgan fingerprint density at radius 2 is 2.28 bits per heavy atom. The zero-order valence-corrected chi connectivity index (χ0v) is 11.0. The Labute approximate surface area is 106 Å². The Morgan fingerprint density at radius 1 is 1.56 bits per heavy atom. The van der Waals surface area contributed by atoms with Crippen LogP contribution in [0.15, 0.2) is 17.2 Å². The van der Waals surface area contributed by atoms with Gasteiger partial charge in [0.2, 0.25) is 0 Å². The highest BCUT2D eigenvalue weighted by Crippen LogP contribution is 1.99. The quantitative estimate of drug-likeness (QED) is 0.766. The number of aromatic nitrogens is 2. The molecule has 0 radical (unpaired) electrons. The van der Waals surface area contributed by atoms with E-state index in [-0.39, 0.29) is 11.4 Å². The zero-order valence-electron chi connectivity index (χ0n) is 11.0. The number of rotatable bonds is 6. The van der Waals surface area contributed by atoms with Crippen LogP contribution >= 0.6 is 0 Å². The molecule has 0 bridgehead atoms. The van der Waals surface area contributed by atoms with Gasteiger partial charge in [0.15, 0.2) is 5.82 Å².